The maximum Gasteiger partial charge on any atom is 0.410 e. The number of nitrogens with zero attached hydrogens (tertiary/aromatic N) is 7. The second kappa shape index (κ2) is 13.5. The first-order valence-electron chi connectivity index (χ1n) is 16.5. The van der Waals surface area contributed by atoms with Crippen LogP contribution in [0.3, 0.4) is 0 Å². The molecule has 2 amide bonds. The molecule has 12 heteroatoms. The van der Waals surface area contributed by atoms with Crippen LogP contribution in [0.5, 0.6) is 5.75 Å². The monoisotopic (exact) mass is 650 g/mol. The van der Waals surface area contributed by atoms with E-state index < -0.39 is 11.1 Å². The lowest BCUT2D eigenvalue weighted by atomic mass is 9.82. The van der Waals surface area contributed by atoms with Gasteiger partial charge in [0.05, 0.1) is 30.1 Å². The van der Waals surface area contributed by atoms with Gasteiger partial charge in [0.1, 0.15) is 23.2 Å². The average Bonchev–Trinajstić information content (AvgIpc) is 3.45. The Kier molecular flexibility index (Phi) is 9.22. The van der Waals surface area contributed by atoms with Crippen molar-refractivity contribution in [1.29, 1.82) is 5.26 Å². The highest BCUT2D eigenvalue weighted by Gasteiger charge is 2.39. The van der Waals surface area contributed by atoms with Gasteiger partial charge in [-0.15, -0.1) is 0 Å². The fraction of sp³-hybridized carbons (Fsp3) is 0.444. The van der Waals surface area contributed by atoms with Gasteiger partial charge in [-0.3, -0.25) is 9.78 Å². The molecule has 4 aromatic rings. The summed E-state index contributed by atoms with van der Waals surface area (Å²) in [5.74, 6) is 1.61. The number of amides is 2. The van der Waals surface area contributed by atoms with Gasteiger partial charge in [-0.05, 0) is 70.9 Å². The minimum atomic E-state index is -0.547. The first-order chi connectivity index (χ1) is 23.0. The molecular weight excluding hydrogens is 608 g/mol. The predicted octanol–water partition coefficient (Wildman–Crippen LogP) is 5.02. The predicted molar refractivity (Wildman–Crippen MR) is 180 cm³/mol. The van der Waals surface area contributed by atoms with Crippen molar-refractivity contribution < 1.29 is 19.1 Å². The highest BCUT2D eigenvalue weighted by molar-refractivity contribution is 5.85. The van der Waals surface area contributed by atoms with Crippen molar-refractivity contribution in [3.63, 3.8) is 0 Å². The number of nitriles is 1. The summed E-state index contributed by atoms with van der Waals surface area (Å²) in [5, 5.41) is 17.4. The second-order valence-corrected chi connectivity index (χ2v) is 13.7. The summed E-state index contributed by atoms with van der Waals surface area (Å²) in [6.45, 7) is 10.4. The van der Waals surface area contributed by atoms with Gasteiger partial charge in [0.15, 0.2) is 0 Å². The summed E-state index contributed by atoms with van der Waals surface area (Å²) >= 11 is 0. The van der Waals surface area contributed by atoms with Crippen LogP contribution in [-0.4, -0.2) is 80.4 Å². The summed E-state index contributed by atoms with van der Waals surface area (Å²) in [7, 11) is 0. The number of ether oxygens (including phenoxy) is 2. The molecule has 2 saturated heterocycles. The standard InChI is InChI=1S/C36H42N8O4/c1-5-47-29-17-30(33-27(19-37)21-40-44(33)24-29)26-9-10-31(39-20-26)42-14-11-36(12-15-42,18-28-8-6-7-13-38-28)41-32(45)16-25-22-43(23-25)34(46)48-35(2,3)4/h6-10,13,17,20-21,24-25H,5,11-12,14-16,18,22-23H2,1-4H3,(H,41,45). The van der Waals surface area contributed by atoms with Crippen LogP contribution in [0, 0.1) is 17.2 Å². The molecule has 2 aliphatic rings. The van der Waals surface area contributed by atoms with E-state index in [1.165, 1.54) is 0 Å². The molecule has 1 N–H and O–H groups in total. The topological polar surface area (TPSA) is 138 Å². The van der Waals surface area contributed by atoms with Crippen molar-refractivity contribution in [2.45, 2.75) is 64.5 Å². The molecule has 0 aliphatic carbocycles. The zero-order valence-corrected chi connectivity index (χ0v) is 28.0. The Hall–Kier alpha value is -5.18. The van der Waals surface area contributed by atoms with Crippen molar-refractivity contribution in [2.24, 2.45) is 5.92 Å². The number of likely N-dealkylation sites (tertiary alicyclic amines) is 1. The van der Waals surface area contributed by atoms with Crippen molar-refractivity contribution >= 4 is 23.3 Å². The maximum atomic E-state index is 13.4. The molecule has 0 atom stereocenters. The van der Waals surface area contributed by atoms with Crippen LogP contribution in [0.25, 0.3) is 16.6 Å². The number of fused-ring (bicyclic) bond motifs is 1. The Morgan fingerprint density at radius 2 is 1.90 bits per heavy atom. The highest BCUT2D eigenvalue weighted by Crippen LogP contribution is 2.33. The van der Waals surface area contributed by atoms with E-state index in [1.807, 2.05) is 70.3 Å². The number of carbonyl (C=O) groups is 2. The number of hydrogen-bond acceptors (Lipinski definition) is 9. The van der Waals surface area contributed by atoms with Gasteiger partial charge < -0.3 is 24.6 Å². The van der Waals surface area contributed by atoms with Gasteiger partial charge in [0.2, 0.25) is 5.91 Å². The Morgan fingerprint density at radius 1 is 1.10 bits per heavy atom. The van der Waals surface area contributed by atoms with E-state index in [2.05, 4.69) is 26.4 Å². The Labute approximate surface area is 280 Å². The molecule has 48 heavy (non-hydrogen) atoms. The number of carbonyl (C=O) groups excluding carboxylic acids is 2. The van der Waals surface area contributed by atoms with Crippen LogP contribution in [0.15, 0.2) is 61.2 Å². The summed E-state index contributed by atoms with van der Waals surface area (Å²) in [5.41, 5.74) is 2.82. The summed E-state index contributed by atoms with van der Waals surface area (Å²) < 4.78 is 12.9. The average molecular weight is 651 g/mol. The molecule has 4 aromatic heterocycles. The molecule has 0 radical (unpaired) electrons. The SMILES string of the molecule is CCOc1cc(-c2ccc(N3CCC(Cc4ccccn4)(NC(=O)CC4CN(C(=O)OC(C)(C)C)C4)CC3)nc2)c2c(C#N)cnn2c1. The van der Waals surface area contributed by atoms with E-state index >= 15 is 0 Å². The van der Waals surface area contributed by atoms with Crippen LogP contribution >= 0.6 is 0 Å². The van der Waals surface area contributed by atoms with Crippen molar-refractivity contribution in [3.05, 3.63) is 72.4 Å². The molecule has 6 rings (SSSR count). The molecular formula is C36H42N8O4. The maximum absolute atomic E-state index is 13.4. The van der Waals surface area contributed by atoms with Gasteiger partial charge in [0, 0.05) is 79.7 Å². The third kappa shape index (κ3) is 7.35. The Morgan fingerprint density at radius 3 is 2.54 bits per heavy atom. The Bertz CT molecular complexity index is 1800. The Balaban J connectivity index is 1.13. The molecule has 2 fully saturated rings. The van der Waals surface area contributed by atoms with Gasteiger partial charge in [-0.2, -0.15) is 10.4 Å². The van der Waals surface area contributed by atoms with Crippen LogP contribution in [-0.2, 0) is 16.0 Å². The lowest BCUT2D eigenvalue weighted by molar-refractivity contribution is -0.125. The van der Waals surface area contributed by atoms with Gasteiger partial charge in [-0.25, -0.2) is 14.3 Å². The molecule has 0 spiro atoms. The van der Waals surface area contributed by atoms with E-state index in [0.29, 0.717) is 62.5 Å². The largest absolute Gasteiger partial charge is 0.492 e. The first kappa shape index (κ1) is 32.7. The summed E-state index contributed by atoms with van der Waals surface area (Å²) in [6.07, 6.45) is 9.06. The van der Waals surface area contributed by atoms with E-state index in [1.54, 1.807) is 28.0 Å². The summed E-state index contributed by atoms with van der Waals surface area (Å²) in [4.78, 5) is 39.0. The zero-order chi connectivity index (χ0) is 33.9. The zero-order valence-electron chi connectivity index (χ0n) is 28.0. The fourth-order valence-electron chi connectivity index (χ4n) is 6.52. The van der Waals surface area contributed by atoms with Crippen molar-refractivity contribution in [1.82, 2.24) is 29.8 Å². The normalized spacial score (nSPS) is 16.2. The molecule has 0 saturated carbocycles. The van der Waals surface area contributed by atoms with Gasteiger partial charge >= 0.3 is 6.09 Å². The third-order valence-corrected chi connectivity index (χ3v) is 8.85. The van der Waals surface area contributed by atoms with Crippen molar-refractivity contribution in [3.8, 4) is 22.9 Å². The number of hydrogen-bond donors (Lipinski definition) is 1. The number of anilines is 1. The first-order valence-corrected chi connectivity index (χ1v) is 16.5. The quantitative estimate of drug-likeness (QED) is 0.265. The van der Waals surface area contributed by atoms with E-state index in [4.69, 9.17) is 14.5 Å². The number of pyridine rings is 3. The highest BCUT2D eigenvalue weighted by atomic mass is 16.6. The molecule has 6 heterocycles. The lowest BCUT2D eigenvalue weighted by Crippen LogP contribution is -2.58. The van der Waals surface area contributed by atoms with E-state index in [0.717, 1.165) is 35.5 Å². The number of nitrogens with one attached hydrogen (secondary N) is 1. The van der Waals surface area contributed by atoms with Gasteiger partial charge in [0.25, 0.3) is 0 Å². The molecule has 0 bridgehead atoms. The van der Waals surface area contributed by atoms with Crippen LogP contribution in [0.1, 0.15) is 58.2 Å². The van der Waals surface area contributed by atoms with Crippen LogP contribution < -0.4 is 15.0 Å². The fourth-order valence-corrected chi connectivity index (χ4v) is 6.52. The number of rotatable bonds is 9. The minimum absolute atomic E-state index is 0.00657. The van der Waals surface area contributed by atoms with Crippen molar-refractivity contribution in [2.75, 3.05) is 37.7 Å². The molecule has 0 aromatic carbocycles. The number of aromatic nitrogens is 4. The molecule has 250 valence electrons. The number of piperidine rings is 1. The third-order valence-electron chi connectivity index (χ3n) is 8.85. The van der Waals surface area contributed by atoms with Crippen LogP contribution in [0.2, 0.25) is 0 Å². The smallest absolute Gasteiger partial charge is 0.410 e. The van der Waals surface area contributed by atoms with E-state index in [-0.39, 0.29) is 17.9 Å². The second-order valence-electron chi connectivity index (χ2n) is 13.7. The van der Waals surface area contributed by atoms with Crippen LogP contribution in [0.4, 0.5) is 10.6 Å². The molecule has 0 unspecified atom stereocenters. The molecule has 12 nitrogen and oxygen atoms in total. The minimum Gasteiger partial charge on any atom is -0.492 e. The van der Waals surface area contributed by atoms with E-state index in [9.17, 15) is 14.9 Å². The molecule has 2 aliphatic heterocycles. The lowest BCUT2D eigenvalue weighted by Gasteiger charge is -2.44. The summed E-state index contributed by atoms with van der Waals surface area (Å²) in [6, 6.07) is 14.0. The van der Waals surface area contributed by atoms with Gasteiger partial charge in [-0.1, -0.05) is 6.07 Å².